The predicted molar refractivity (Wildman–Crippen MR) is 106 cm³/mol. The van der Waals surface area contributed by atoms with E-state index in [0.717, 1.165) is 21.6 Å². The van der Waals surface area contributed by atoms with Crippen LogP contribution >= 0.6 is 0 Å². The molecule has 5 rings (SSSR count). The second-order valence-corrected chi connectivity index (χ2v) is 7.00. The molecular formula is C21H17FN4O2. The zero-order valence-corrected chi connectivity index (χ0v) is 15.3. The van der Waals surface area contributed by atoms with Crippen molar-refractivity contribution in [1.29, 1.82) is 0 Å². The van der Waals surface area contributed by atoms with Crippen LogP contribution in [0.1, 0.15) is 17.3 Å². The third-order valence-corrected chi connectivity index (χ3v) is 5.38. The van der Waals surface area contributed by atoms with Crippen molar-refractivity contribution < 1.29 is 4.39 Å². The molecule has 0 fully saturated rings. The molecule has 1 unspecified atom stereocenters. The number of para-hydroxylation sites is 2. The van der Waals surface area contributed by atoms with E-state index >= 15 is 0 Å². The van der Waals surface area contributed by atoms with Crippen molar-refractivity contribution >= 4 is 16.6 Å². The summed E-state index contributed by atoms with van der Waals surface area (Å²) in [5, 5.41) is 3.89. The maximum atomic E-state index is 14.0. The van der Waals surface area contributed by atoms with Gasteiger partial charge >= 0.3 is 5.69 Å². The quantitative estimate of drug-likeness (QED) is 0.556. The zero-order chi connectivity index (χ0) is 19.6. The van der Waals surface area contributed by atoms with E-state index in [0.29, 0.717) is 16.5 Å². The smallest absolute Gasteiger partial charge is 0.331 e. The highest BCUT2D eigenvalue weighted by atomic mass is 19.1. The lowest BCUT2D eigenvalue weighted by molar-refractivity contribution is 0.623. The Kier molecular flexibility index (Phi) is 3.37. The fourth-order valence-corrected chi connectivity index (χ4v) is 4.04. The Labute approximate surface area is 159 Å². The average molecular weight is 376 g/mol. The highest BCUT2D eigenvalue weighted by molar-refractivity contribution is 5.86. The van der Waals surface area contributed by atoms with E-state index in [4.69, 9.17) is 0 Å². The van der Waals surface area contributed by atoms with Crippen LogP contribution in [-0.4, -0.2) is 13.7 Å². The van der Waals surface area contributed by atoms with E-state index in [1.165, 1.54) is 23.7 Å². The van der Waals surface area contributed by atoms with E-state index in [2.05, 4.69) is 5.32 Å². The lowest BCUT2D eigenvalue weighted by Crippen LogP contribution is -2.37. The van der Waals surface area contributed by atoms with Gasteiger partial charge in [0.25, 0.3) is 5.56 Å². The maximum absolute atomic E-state index is 14.0. The normalized spacial score (nSPS) is 15.2. The number of anilines is 1. The molecule has 1 aliphatic rings. The third-order valence-electron chi connectivity index (χ3n) is 5.38. The van der Waals surface area contributed by atoms with Gasteiger partial charge in [0.1, 0.15) is 5.82 Å². The number of hydrogen-bond acceptors (Lipinski definition) is 3. The summed E-state index contributed by atoms with van der Waals surface area (Å²) in [5.41, 5.74) is 2.98. The lowest BCUT2D eigenvalue weighted by Gasteiger charge is -2.30. The van der Waals surface area contributed by atoms with Crippen LogP contribution in [0.25, 0.3) is 16.6 Å². The van der Waals surface area contributed by atoms with Gasteiger partial charge in [0.05, 0.1) is 34.0 Å². The van der Waals surface area contributed by atoms with Crippen molar-refractivity contribution in [3.05, 3.63) is 92.6 Å². The molecule has 0 saturated carbocycles. The van der Waals surface area contributed by atoms with Crippen molar-refractivity contribution in [2.75, 3.05) is 5.32 Å². The number of hydrogen-bond donors (Lipinski definition) is 1. The van der Waals surface area contributed by atoms with Crippen LogP contribution in [0.2, 0.25) is 0 Å². The lowest BCUT2D eigenvalue weighted by atomic mass is 9.99. The second kappa shape index (κ2) is 5.69. The summed E-state index contributed by atoms with van der Waals surface area (Å²) in [6, 6.07) is 13.6. The minimum Gasteiger partial charge on any atom is -0.371 e. The van der Waals surface area contributed by atoms with Crippen molar-refractivity contribution in [1.82, 2.24) is 13.7 Å². The van der Waals surface area contributed by atoms with Gasteiger partial charge in [-0.1, -0.05) is 24.3 Å². The van der Waals surface area contributed by atoms with Gasteiger partial charge < -0.3 is 9.88 Å². The van der Waals surface area contributed by atoms with Crippen LogP contribution in [0.4, 0.5) is 10.1 Å². The van der Waals surface area contributed by atoms with Gasteiger partial charge in [-0.3, -0.25) is 13.9 Å². The summed E-state index contributed by atoms with van der Waals surface area (Å²) in [6.07, 6.45) is 1.76. The molecule has 0 radical (unpaired) electrons. The Morgan fingerprint density at radius 1 is 1.00 bits per heavy atom. The molecule has 1 N–H and O–H groups in total. The van der Waals surface area contributed by atoms with Gasteiger partial charge in [-0.15, -0.1) is 0 Å². The van der Waals surface area contributed by atoms with E-state index in [1.807, 2.05) is 34.9 Å². The minimum absolute atomic E-state index is 0.342. The highest BCUT2D eigenvalue weighted by Crippen LogP contribution is 2.40. The Morgan fingerprint density at radius 2 is 1.79 bits per heavy atom. The fourth-order valence-electron chi connectivity index (χ4n) is 4.04. The number of aromatic nitrogens is 3. The number of nitrogens with zero attached hydrogens (tertiary/aromatic N) is 3. The summed E-state index contributed by atoms with van der Waals surface area (Å²) in [6.45, 7) is 0. The van der Waals surface area contributed by atoms with Crippen LogP contribution in [-0.2, 0) is 14.1 Å². The predicted octanol–water partition coefficient (Wildman–Crippen LogP) is 2.68. The number of nitrogens with one attached hydrogen (secondary N) is 1. The molecule has 2 aromatic carbocycles. The Hall–Kier alpha value is -3.61. The first-order valence-electron chi connectivity index (χ1n) is 8.89. The first kappa shape index (κ1) is 16.6. The first-order valence-corrected chi connectivity index (χ1v) is 8.89. The second-order valence-electron chi connectivity index (χ2n) is 7.00. The molecule has 0 spiro atoms. The highest BCUT2D eigenvalue weighted by Gasteiger charge is 2.30. The van der Waals surface area contributed by atoms with Gasteiger partial charge in [0, 0.05) is 20.3 Å². The van der Waals surface area contributed by atoms with E-state index in [-0.39, 0.29) is 11.4 Å². The third kappa shape index (κ3) is 2.13. The Bertz CT molecular complexity index is 1380. The molecule has 0 amide bonds. The SMILES string of the molecule is Cn1c(=O)c2cn3c(c2n(C)c1=O)C(c1cccc(F)c1)Nc1ccccc1-3. The Balaban J connectivity index is 1.95. The van der Waals surface area contributed by atoms with Crippen molar-refractivity contribution in [3.8, 4) is 5.69 Å². The summed E-state index contributed by atoms with van der Waals surface area (Å²) in [5.74, 6) is -0.342. The molecule has 0 aliphatic carbocycles. The molecule has 28 heavy (non-hydrogen) atoms. The molecular weight excluding hydrogens is 359 g/mol. The van der Waals surface area contributed by atoms with Crippen LogP contribution < -0.4 is 16.6 Å². The largest absolute Gasteiger partial charge is 0.371 e. The minimum atomic E-state index is -0.416. The van der Waals surface area contributed by atoms with Crippen LogP contribution in [0.3, 0.4) is 0 Å². The van der Waals surface area contributed by atoms with Gasteiger partial charge in [-0.05, 0) is 29.8 Å². The number of benzene rings is 2. The van der Waals surface area contributed by atoms with Gasteiger partial charge in [0.2, 0.25) is 0 Å². The maximum Gasteiger partial charge on any atom is 0.331 e. The molecule has 1 atom stereocenters. The van der Waals surface area contributed by atoms with Gasteiger partial charge in [-0.2, -0.15) is 0 Å². The van der Waals surface area contributed by atoms with E-state index in [9.17, 15) is 14.0 Å². The molecule has 6 nitrogen and oxygen atoms in total. The molecule has 3 heterocycles. The summed E-state index contributed by atoms with van der Waals surface area (Å²) < 4.78 is 18.5. The molecule has 0 saturated heterocycles. The standard InChI is InChI=1S/C21H17FN4O2/c1-24-18-14(20(27)25(2)21(24)28)11-26-16-9-4-3-8-15(16)23-17(19(18)26)12-6-5-7-13(22)10-12/h3-11,17,23H,1-2H3. The molecule has 1 aliphatic heterocycles. The van der Waals surface area contributed by atoms with E-state index < -0.39 is 11.7 Å². The van der Waals surface area contributed by atoms with Crippen molar-refractivity contribution in [2.24, 2.45) is 14.1 Å². The van der Waals surface area contributed by atoms with Crippen molar-refractivity contribution in [3.63, 3.8) is 0 Å². The summed E-state index contributed by atoms with van der Waals surface area (Å²) in [7, 11) is 3.12. The number of fused-ring (bicyclic) bond motifs is 5. The number of halogens is 1. The van der Waals surface area contributed by atoms with Gasteiger partial charge in [0.15, 0.2) is 0 Å². The zero-order valence-electron chi connectivity index (χ0n) is 15.3. The van der Waals surface area contributed by atoms with Crippen LogP contribution in [0.15, 0.2) is 64.3 Å². The number of aryl methyl sites for hydroxylation is 1. The summed E-state index contributed by atoms with van der Waals surface area (Å²) >= 11 is 0. The van der Waals surface area contributed by atoms with Crippen LogP contribution in [0.5, 0.6) is 0 Å². The van der Waals surface area contributed by atoms with E-state index in [1.54, 1.807) is 19.3 Å². The molecule has 140 valence electrons. The molecule has 7 heteroatoms. The molecule has 2 aromatic heterocycles. The molecule has 0 bridgehead atoms. The monoisotopic (exact) mass is 376 g/mol. The number of rotatable bonds is 1. The first-order chi connectivity index (χ1) is 13.5. The van der Waals surface area contributed by atoms with Crippen molar-refractivity contribution in [2.45, 2.75) is 6.04 Å². The average Bonchev–Trinajstić information content (AvgIpc) is 3.11. The van der Waals surface area contributed by atoms with Gasteiger partial charge in [-0.25, -0.2) is 9.18 Å². The summed E-state index contributed by atoms with van der Waals surface area (Å²) in [4.78, 5) is 25.4. The fraction of sp³-hybridized carbons (Fsp3) is 0.143. The topological polar surface area (TPSA) is 61.0 Å². The Morgan fingerprint density at radius 3 is 2.57 bits per heavy atom. The molecule has 4 aromatic rings. The van der Waals surface area contributed by atoms with Crippen LogP contribution in [0, 0.1) is 5.82 Å².